The highest BCUT2D eigenvalue weighted by atomic mass is 19.1. The average molecular weight is 275 g/mol. The summed E-state index contributed by atoms with van der Waals surface area (Å²) in [6.45, 7) is 0. The number of rotatable bonds is 3. The zero-order valence-corrected chi connectivity index (χ0v) is 10.2. The van der Waals surface area contributed by atoms with Gasteiger partial charge in [0.05, 0.1) is 22.4 Å². The Morgan fingerprint density at radius 1 is 1.25 bits per heavy atom. The number of anilines is 2. The molecule has 102 valence electrons. The molecule has 3 N–H and O–H groups in total. The molecule has 0 aliphatic carbocycles. The van der Waals surface area contributed by atoms with Crippen molar-refractivity contribution in [3.8, 4) is 0 Å². The SMILES string of the molecule is Nc1ccccc1NC(=O)c1ccc(F)cc1[N+](=O)[O-]. The number of amides is 1. The molecule has 2 aromatic rings. The number of nitro groups is 1. The Balaban J connectivity index is 2.35. The summed E-state index contributed by atoms with van der Waals surface area (Å²) in [5, 5.41) is 13.3. The van der Waals surface area contributed by atoms with Gasteiger partial charge in [0, 0.05) is 0 Å². The van der Waals surface area contributed by atoms with Crippen LogP contribution in [-0.2, 0) is 0 Å². The quantitative estimate of drug-likeness (QED) is 0.511. The summed E-state index contributed by atoms with van der Waals surface area (Å²) in [4.78, 5) is 22.0. The largest absolute Gasteiger partial charge is 0.397 e. The maximum atomic E-state index is 13.0. The molecule has 0 spiro atoms. The van der Waals surface area contributed by atoms with Crippen molar-refractivity contribution in [3.63, 3.8) is 0 Å². The average Bonchev–Trinajstić information content (AvgIpc) is 2.41. The number of nitrogens with one attached hydrogen (secondary N) is 1. The topological polar surface area (TPSA) is 98.3 Å². The summed E-state index contributed by atoms with van der Waals surface area (Å²) < 4.78 is 13.0. The normalized spacial score (nSPS) is 10.1. The molecule has 7 heteroatoms. The van der Waals surface area contributed by atoms with Crippen LogP contribution < -0.4 is 11.1 Å². The Kier molecular flexibility index (Phi) is 3.60. The molecule has 0 unspecified atom stereocenters. The second-order valence-electron chi connectivity index (χ2n) is 3.96. The van der Waals surface area contributed by atoms with Gasteiger partial charge in [0.15, 0.2) is 0 Å². The molecule has 0 radical (unpaired) electrons. The van der Waals surface area contributed by atoms with Crippen molar-refractivity contribution >= 4 is 23.0 Å². The second kappa shape index (κ2) is 5.35. The van der Waals surface area contributed by atoms with Gasteiger partial charge in [-0.25, -0.2) is 4.39 Å². The Bertz CT molecular complexity index is 688. The molecule has 0 aliphatic heterocycles. The van der Waals surface area contributed by atoms with Crippen molar-refractivity contribution < 1.29 is 14.1 Å². The predicted octanol–water partition coefficient (Wildman–Crippen LogP) is 2.57. The maximum absolute atomic E-state index is 13.0. The van der Waals surface area contributed by atoms with E-state index in [2.05, 4.69) is 5.32 Å². The highest BCUT2D eigenvalue weighted by Gasteiger charge is 2.21. The fraction of sp³-hybridized carbons (Fsp3) is 0. The number of halogens is 1. The number of hydrogen-bond donors (Lipinski definition) is 2. The number of nitrogens with two attached hydrogens (primary N) is 1. The van der Waals surface area contributed by atoms with E-state index in [4.69, 9.17) is 5.73 Å². The molecular formula is C13H10FN3O3. The fourth-order valence-electron chi connectivity index (χ4n) is 1.65. The summed E-state index contributed by atoms with van der Waals surface area (Å²) in [5.74, 6) is -1.51. The van der Waals surface area contributed by atoms with Crippen LogP contribution in [0.3, 0.4) is 0 Å². The van der Waals surface area contributed by atoms with Gasteiger partial charge in [-0.05, 0) is 24.3 Å². The molecule has 0 heterocycles. The van der Waals surface area contributed by atoms with Crippen LogP contribution in [0.5, 0.6) is 0 Å². The van der Waals surface area contributed by atoms with Gasteiger partial charge < -0.3 is 11.1 Å². The molecule has 0 aliphatic rings. The van der Waals surface area contributed by atoms with Crippen LogP contribution in [0.25, 0.3) is 0 Å². The van der Waals surface area contributed by atoms with E-state index in [1.165, 1.54) is 0 Å². The Hall–Kier alpha value is -2.96. The van der Waals surface area contributed by atoms with E-state index in [9.17, 15) is 19.3 Å². The summed E-state index contributed by atoms with van der Waals surface area (Å²) in [6.07, 6.45) is 0. The van der Waals surface area contributed by atoms with Crippen molar-refractivity contribution in [2.45, 2.75) is 0 Å². The van der Waals surface area contributed by atoms with Crippen molar-refractivity contribution in [2.24, 2.45) is 0 Å². The number of carbonyl (C=O) groups is 1. The van der Waals surface area contributed by atoms with E-state index >= 15 is 0 Å². The molecule has 0 saturated heterocycles. The van der Waals surface area contributed by atoms with Gasteiger partial charge in [0.25, 0.3) is 11.6 Å². The molecule has 0 saturated carbocycles. The van der Waals surface area contributed by atoms with E-state index < -0.39 is 22.3 Å². The molecule has 6 nitrogen and oxygen atoms in total. The van der Waals surface area contributed by atoms with Crippen LogP contribution in [0, 0.1) is 15.9 Å². The minimum atomic E-state index is -0.813. The third kappa shape index (κ3) is 2.72. The highest BCUT2D eigenvalue weighted by molar-refractivity contribution is 6.08. The maximum Gasteiger partial charge on any atom is 0.285 e. The van der Waals surface area contributed by atoms with Crippen LogP contribution >= 0.6 is 0 Å². The van der Waals surface area contributed by atoms with Gasteiger partial charge in [-0.1, -0.05) is 12.1 Å². The minimum absolute atomic E-state index is 0.236. The second-order valence-corrected chi connectivity index (χ2v) is 3.96. The van der Waals surface area contributed by atoms with Gasteiger partial charge in [0.1, 0.15) is 11.4 Å². The zero-order chi connectivity index (χ0) is 14.7. The van der Waals surface area contributed by atoms with Crippen molar-refractivity contribution in [2.75, 3.05) is 11.1 Å². The molecular weight excluding hydrogens is 265 g/mol. The lowest BCUT2D eigenvalue weighted by atomic mass is 10.1. The van der Waals surface area contributed by atoms with Crippen LogP contribution in [0.4, 0.5) is 21.5 Å². The predicted molar refractivity (Wildman–Crippen MR) is 71.9 cm³/mol. The first-order chi connectivity index (χ1) is 9.49. The summed E-state index contributed by atoms with van der Waals surface area (Å²) in [7, 11) is 0. The van der Waals surface area contributed by atoms with E-state index in [0.29, 0.717) is 17.4 Å². The molecule has 0 aromatic heterocycles. The first-order valence-electron chi connectivity index (χ1n) is 5.59. The van der Waals surface area contributed by atoms with Crippen LogP contribution in [0.1, 0.15) is 10.4 Å². The first-order valence-corrected chi connectivity index (χ1v) is 5.59. The van der Waals surface area contributed by atoms with Gasteiger partial charge >= 0.3 is 0 Å². The zero-order valence-electron chi connectivity index (χ0n) is 10.2. The minimum Gasteiger partial charge on any atom is -0.397 e. The number of para-hydroxylation sites is 2. The van der Waals surface area contributed by atoms with Gasteiger partial charge in [0.2, 0.25) is 0 Å². The molecule has 1 amide bonds. The Labute approximate surface area is 113 Å². The van der Waals surface area contributed by atoms with E-state index in [1.54, 1.807) is 24.3 Å². The van der Waals surface area contributed by atoms with Crippen molar-refractivity contribution in [1.82, 2.24) is 0 Å². The van der Waals surface area contributed by atoms with Crippen LogP contribution in [-0.4, -0.2) is 10.8 Å². The lowest BCUT2D eigenvalue weighted by Crippen LogP contribution is -2.15. The Morgan fingerprint density at radius 2 is 1.95 bits per heavy atom. The van der Waals surface area contributed by atoms with Gasteiger partial charge in [-0.2, -0.15) is 0 Å². The van der Waals surface area contributed by atoms with E-state index in [-0.39, 0.29) is 5.56 Å². The lowest BCUT2D eigenvalue weighted by Gasteiger charge is -2.08. The smallest absolute Gasteiger partial charge is 0.285 e. The van der Waals surface area contributed by atoms with Gasteiger partial charge in [-0.3, -0.25) is 14.9 Å². The summed E-state index contributed by atoms with van der Waals surface area (Å²) >= 11 is 0. The molecule has 0 fully saturated rings. The number of hydrogen-bond acceptors (Lipinski definition) is 4. The Morgan fingerprint density at radius 3 is 2.60 bits per heavy atom. The number of benzene rings is 2. The van der Waals surface area contributed by atoms with Crippen molar-refractivity contribution in [1.29, 1.82) is 0 Å². The third-order valence-corrected chi connectivity index (χ3v) is 2.61. The third-order valence-electron chi connectivity index (χ3n) is 2.61. The number of nitrogens with zero attached hydrogens (tertiary/aromatic N) is 1. The molecule has 2 rings (SSSR count). The fourth-order valence-corrected chi connectivity index (χ4v) is 1.65. The van der Waals surface area contributed by atoms with E-state index in [1.807, 2.05) is 0 Å². The van der Waals surface area contributed by atoms with Gasteiger partial charge in [-0.15, -0.1) is 0 Å². The number of carbonyl (C=O) groups excluding carboxylic acids is 1. The number of nitro benzene ring substituents is 1. The highest BCUT2D eigenvalue weighted by Crippen LogP contribution is 2.23. The molecule has 0 bridgehead atoms. The van der Waals surface area contributed by atoms with E-state index in [0.717, 1.165) is 12.1 Å². The first kappa shape index (κ1) is 13.5. The molecule has 2 aromatic carbocycles. The molecule has 20 heavy (non-hydrogen) atoms. The van der Waals surface area contributed by atoms with Crippen molar-refractivity contribution in [3.05, 3.63) is 64.0 Å². The van der Waals surface area contributed by atoms with Crippen LogP contribution in [0.15, 0.2) is 42.5 Å². The standard InChI is InChI=1S/C13H10FN3O3/c14-8-5-6-9(12(7-8)17(19)20)13(18)16-11-4-2-1-3-10(11)15/h1-7H,15H2,(H,16,18). The molecule has 0 atom stereocenters. The summed E-state index contributed by atoms with van der Waals surface area (Å²) in [6, 6.07) is 9.22. The monoisotopic (exact) mass is 275 g/mol. The lowest BCUT2D eigenvalue weighted by molar-refractivity contribution is -0.385. The van der Waals surface area contributed by atoms with Crippen LogP contribution in [0.2, 0.25) is 0 Å². The summed E-state index contributed by atoms with van der Waals surface area (Å²) in [5.41, 5.74) is 5.48. The number of nitrogen functional groups attached to an aromatic ring is 1.